The van der Waals surface area contributed by atoms with Crippen molar-refractivity contribution in [3.63, 3.8) is 0 Å². The molecule has 16 heavy (non-hydrogen) atoms. The van der Waals surface area contributed by atoms with Crippen molar-refractivity contribution in [3.05, 3.63) is 28.8 Å². The van der Waals surface area contributed by atoms with Crippen molar-refractivity contribution >= 4 is 17.3 Å². The number of halogens is 1. The first kappa shape index (κ1) is 11.3. The van der Waals surface area contributed by atoms with Gasteiger partial charge in [0.1, 0.15) is 6.07 Å². The van der Waals surface area contributed by atoms with Gasteiger partial charge in [0, 0.05) is 24.2 Å². The minimum absolute atomic E-state index is 0.635. The van der Waals surface area contributed by atoms with Crippen LogP contribution in [0.2, 0.25) is 5.02 Å². The topological polar surface area (TPSA) is 47.9 Å². The second kappa shape index (κ2) is 5.20. The highest BCUT2D eigenvalue weighted by Crippen LogP contribution is 2.20. The third kappa shape index (κ3) is 3.13. The van der Waals surface area contributed by atoms with E-state index in [0.29, 0.717) is 10.6 Å². The summed E-state index contributed by atoms with van der Waals surface area (Å²) in [7, 11) is 0. The molecule has 1 saturated carbocycles. The summed E-state index contributed by atoms with van der Waals surface area (Å²) in [6.07, 6.45) is 2.58. The number of nitriles is 1. The maximum absolute atomic E-state index is 8.92. The lowest BCUT2D eigenvalue weighted by molar-refractivity contribution is 0.701. The number of nitrogens with zero attached hydrogens (tertiary/aromatic N) is 1. The van der Waals surface area contributed by atoms with Crippen LogP contribution in [0.1, 0.15) is 18.4 Å². The molecule has 84 valence electrons. The second-order valence-corrected chi connectivity index (χ2v) is 4.39. The fourth-order valence-electron chi connectivity index (χ4n) is 1.52. The predicted octanol–water partition coefficient (Wildman–Crippen LogP) is 2.38. The smallest absolute Gasteiger partial charge is 0.101 e. The third-order valence-electron chi connectivity index (χ3n) is 2.55. The average molecular weight is 236 g/mol. The van der Waals surface area contributed by atoms with Crippen LogP contribution in [0.5, 0.6) is 0 Å². The molecular formula is C12H14ClN3. The molecule has 0 unspecified atom stereocenters. The molecule has 1 aliphatic carbocycles. The number of benzene rings is 1. The molecule has 3 nitrogen and oxygen atoms in total. The quantitative estimate of drug-likeness (QED) is 0.771. The molecule has 0 radical (unpaired) electrons. The van der Waals surface area contributed by atoms with Crippen molar-refractivity contribution in [1.82, 2.24) is 5.32 Å². The zero-order valence-corrected chi connectivity index (χ0v) is 9.72. The average Bonchev–Trinajstić information content (AvgIpc) is 3.08. The van der Waals surface area contributed by atoms with Crippen LogP contribution in [0.25, 0.3) is 0 Å². The van der Waals surface area contributed by atoms with Crippen molar-refractivity contribution in [3.8, 4) is 6.07 Å². The van der Waals surface area contributed by atoms with E-state index < -0.39 is 0 Å². The summed E-state index contributed by atoms with van der Waals surface area (Å²) in [4.78, 5) is 0. The summed E-state index contributed by atoms with van der Waals surface area (Å²) < 4.78 is 0. The van der Waals surface area contributed by atoms with Crippen molar-refractivity contribution in [2.75, 3.05) is 18.4 Å². The highest BCUT2D eigenvalue weighted by molar-refractivity contribution is 6.30. The summed E-state index contributed by atoms with van der Waals surface area (Å²) >= 11 is 5.88. The molecule has 0 bridgehead atoms. The maximum atomic E-state index is 8.92. The van der Waals surface area contributed by atoms with Gasteiger partial charge in [0.05, 0.1) is 11.3 Å². The van der Waals surface area contributed by atoms with Gasteiger partial charge in [-0.1, -0.05) is 11.6 Å². The van der Waals surface area contributed by atoms with Crippen LogP contribution < -0.4 is 10.6 Å². The molecule has 4 heteroatoms. The maximum Gasteiger partial charge on any atom is 0.101 e. The number of hydrogen-bond acceptors (Lipinski definition) is 3. The molecule has 0 heterocycles. The molecule has 2 N–H and O–H groups in total. The van der Waals surface area contributed by atoms with E-state index in [2.05, 4.69) is 16.7 Å². The van der Waals surface area contributed by atoms with Gasteiger partial charge in [-0.3, -0.25) is 0 Å². The molecule has 0 spiro atoms. The van der Waals surface area contributed by atoms with Gasteiger partial charge < -0.3 is 10.6 Å². The Morgan fingerprint density at radius 2 is 2.19 bits per heavy atom. The molecule has 0 aliphatic heterocycles. The van der Waals surface area contributed by atoms with Gasteiger partial charge in [-0.15, -0.1) is 0 Å². The first-order valence-electron chi connectivity index (χ1n) is 5.46. The van der Waals surface area contributed by atoms with Crippen LogP contribution in [0.15, 0.2) is 18.2 Å². The third-order valence-corrected chi connectivity index (χ3v) is 2.79. The van der Waals surface area contributed by atoms with E-state index in [0.717, 1.165) is 24.8 Å². The Morgan fingerprint density at radius 3 is 2.88 bits per heavy atom. The van der Waals surface area contributed by atoms with E-state index in [1.54, 1.807) is 18.2 Å². The summed E-state index contributed by atoms with van der Waals surface area (Å²) in [5.41, 5.74) is 1.45. The van der Waals surface area contributed by atoms with Gasteiger partial charge >= 0.3 is 0 Å². The molecule has 0 amide bonds. The zero-order valence-electron chi connectivity index (χ0n) is 8.96. The van der Waals surface area contributed by atoms with Crippen molar-refractivity contribution in [2.24, 2.45) is 0 Å². The molecule has 1 aromatic carbocycles. The number of nitrogens with one attached hydrogen (secondary N) is 2. The van der Waals surface area contributed by atoms with E-state index in [4.69, 9.17) is 16.9 Å². The van der Waals surface area contributed by atoms with Crippen molar-refractivity contribution < 1.29 is 0 Å². The van der Waals surface area contributed by atoms with Gasteiger partial charge in [-0.2, -0.15) is 5.26 Å². The van der Waals surface area contributed by atoms with Crippen LogP contribution in [0.4, 0.5) is 5.69 Å². The van der Waals surface area contributed by atoms with Gasteiger partial charge in [-0.05, 0) is 31.0 Å². The predicted molar refractivity (Wildman–Crippen MR) is 65.7 cm³/mol. The normalized spacial score (nSPS) is 14.5. The van der Waals surface area contributed by atoms with Gasteiger partial charge in [-0.25, -0.2) is 0 Å². The summed E-state index contributed by atoms with van der Waals surface area (Å²) in [6, 6.07) is 8.12. The fourth-order valence-corrected chi connectivity index (χ4v) is 1.69. The molecular weight excluding hydrogens is 222 g/mol. The Balaban J connectivity index is 1.86. The number of anilines is 1. The van der Waals surface area contributed by atoms with E-state index >= 15 is 0 Å². The molecule has 1 aromatic rings. The summed E-state index contributed by atoms with van der Waals surface area (Å²) in [5.74, 6) is 0. The number of hydrogen-bond donors (Lipinski definition) is 2. The Labute approximate surface area is 100 Å². The Bertz CT molecular complexity index is 407. The van der Waals surface area contributed by atoms with Gasteiger partial charge in [0.15, 0.2) is 0 Å². The van der Waals surface area contributed by atoms with Crippen LogP contribution >= 0.6 is 11.6 Å². The van der Waals surface area contributed by atoms with Crippen LogP contribution in [-0.4, -0.2) is 19.1 Å². The number of rotatable bonds is 5. The van der Waals surface area contributed by atoms with Crippen molar-refractivity contribution in [2.45, 2.75) is 18.9 Å². The van der Waals surface area contributed by atoms with Crippen LogP contribution in [0, 0.1) is 11.3 Å². The standard InChI is InChI=1S/C12H14ClN3/c13-10-2-1-9(8-14)12(7-10)16-6-5-15-11-3-4-11/h1-2,7,11,15-16H,3-6H2. The van der Waals surface area contributed by atoms with Crippen molar-refractivity contribution in [1.29, 1.82) is 5.26 Å². The lowest BCUT2D eigenvalue weighted by Crippen LogP contribution is -2.24. The minimum Gasteiger partial charge on any atom is -0.383 e. The van der Waals surface area contributed by atoms with E-state index in [1.165, 1.54) is 12.8 Å². The van der Waals surface area contributed by atoms with Crippen LogP contribution in [0.3, 0.4) is 0 Å². The van der Waals surface area contributed by atoms with Gasteiger partial charge in [0.2, 0.25) is 0 Å². The lowest BCUT2D eigenvalue weighted by Gasteiger charge is -2.09. The zero-order chi connectivity index (χ0) is 11.4. The highest BCUT2D eigenvalue weighted by Gasteiger charge is 2.19. The molecule has 0 aromatic heterocycles. The molecule has 1 fully saturated rings. The monoisotopic (exact) mass is 235 g/mol. The molecule has 0 saturated heterocycles. The van der Waals surface area contributed by atoms with E-state index in [1.807, 2.05) is 0 Å². The van der Waals surface area contributed by atoms with Gasteiger partial charge in [0.25, 0.3) is 0 Å². The molecule has 2 rings (SSSR count). The second-order valence-electron chi connectivity index (χ2n) is 3.96. The minimum atomic E-state index is 0.635. The Kier molecular flexibility index (Phi) is 3.66. The Hall–Kier alpha value is -1.24. The summed E-state index contributed by atoms with van der Waals surface area (Å²) in [6.45, 7) is 1.73. The van der Waals surface area contributed by atoms with E-state index in [9.17, 15) is 0 Å². The van der Waals surface area contributed by atoms with E-state index in [-0.39, 0.29) is 0 Å². The largest absolute Gasteiger partial charge is 0.383 e. The molecule has 0 atom stereocenters. The highest BCUT2D eigenvalue weighted by atomic mass is 35.5. The fraction of sp³-hybridized carbons (Fsp3) is 0.417. The SMILES string of the molecule is N#Cc1ccc(Cl)cc1NCCNC1CC1. The Morgan fingerprint density at radius 1 is 1.38 bits per heavy atom. The molecule has 1 aliphatic rings. The van der Waals surface area contributed by atoms with Crippen LogP contribution in [-0.2, 0) is 0 Å². The first-order valence-corrected chi connectivity index (χ1v) is 5.84. The lowest BCUT2D eigenvalue weighted by atomic mass is 10.2. The summed E-state index contributed by atoms with van der Waals surface area (Å²) in [5, 5.41) is 16.2. The first-order chi connectivity index (χ1) is 7.79.